The summed E-state index contributed by atoms with van der Waals surface area (Å²) in [6, 6.07) is 16.8. The molecule has 0 saturated heterocycles. The molecule has 162 valence electrons. The molecular formula is C23H19N3O6. The van der Waals surface area contributed by atoms with E-state index in [2.05, 4.69) is 5.10 Å². The van der Waals surface area contributed by atoms with E-state index in [4.69, 9.17) is 14.2 Å². The second-order valence-corrected chi connectivity index (χ2v) is 6.76. The fraction of sp³-hybridized carbons (Fsp3) is 0.130. The van der Waals surface area contributed by atoms with Crippen molar-refractivity contribution < 1.29 is 23.9 Å². The molecule has 4 aromatic rings. The van der Waals surface area contributed by atoms with E-state index in [-0.39, 0.29) is 11.4 Å². The number of aromatic nitrogens is 2. The van der Waals surface area contributed by atoms with E-state index in [0.29, 0.717) is 39.2 Å². The highest BCUT2D eigenvalue weighted by atomic mass is 16.6. The fourth-order valence-corrected chi connectivity index (χ4v) is 3.66. The number of nitro groups is 1. The van der Waals surface area contributed by atoms with E-state index >= 15 is 0 Å². The standard InChI is InChI=1S/C23H19N3O6/c1-30-20-9-6-10-21(31-2)22(20)19-13-16(23(27)32-3)24-25(19)17-11-12-18(26(28)29)15-8-5-4-7-14(15)17/h4-13H,1-3H3. The summed E-state index contributed by atoms with van der Waals surface area (Å²) >= 11 is 0. The average molecular weight is 433 g/mol. The van der Waals surface area contributed by atoms with Crippen LogP contribution in [0.1, 0.15) is 10.5 Å². The van der Waals surface area contributed by atoms with Gasteiger partial charge in [-0.15, -0.1) is 0 Å². The largest absolute Gasteiger partial charge is 0.496 e. The zero-order chi connectivity index (χ0) is 22.8. The molecule has 0 fully saturated rings. The number of hydrogen-bond donors (Lipinski definition) is 0. The monoisotopic (exact) mass is 433 g/mol. The first-order valence-corrected chi connectivity index (χ1v) is 9.56. The number of methoxy groups -OCH3 is 3. The summed E-state index contributed by atoms with van der Waals surface area (Å²) in [4.78, 5) is 23.4. The first-order valence-electron chi connectivity index (χ1n) is 9.56. The number of rotatable bonds is 6. The summed E-state index contributed by atoms with van der Waals surface area (Å²) in [7, 11) is 4.33. The average Bonchev–Trinajstić information content (AvgIpc) is 3.26. The Morgan fingerprint density at radius 2 is 1.59 bits per heavy atom. The minimum atomic E-state index is -0.620. The van der Waals surface area contributed by atoms with Gasteiger partial charge in [-0.25, -0.2) is 9.48 Å². The number of benzene rings is 3. The Labute approximate surface area is 182 Å². The summed E-state index contributed by atoms with van der Waals surface area (Å²) in [5.41, 5.74) is 1.66. The molecule has 0 amide bonds. The van der Waals surface area contributed by atoms with Crippen LogP contribution in [0.25, 0.3) is 27.7 Å². The van der Waals surface area contributed by atoms with Gasteiger partial charge in [0.1, 0.15) is 11.5 Å². The molecular weight excluding hydrogens is 414 g/mol. The highest BCUT2D eigenvalue weighted by Gasteiger charge is 2.24. The lowest BCUT2D eigenvalue weighted by molar-refractivity contribution is -0.383. The quantitative estimate of drug-likeness (QED) is 0.252. The molecule has 32 heavy (non-hydrogen) atoms. The Morgan fingerprint density at radius 3 is 2.19 bits per heavy atom. The molecule has 0 aliphatic rings. The van der Waals surface area contributed by atoms with Gasteiger partial charge < -0.3 is 14.2 Å². The molecule has 1 aromatic heterocycles. The zero-order valence-electron chi connectivity index (χ0n) is 17.6. The fourth-order valence-electron chi connectivity index (χ4n) is 3.66. The van der Waals surface area contributed by atoms with Gasteiger partial charge in [0.05, 0.1) is 48.6 Å². The van der Waals surface area contributed by atoms with Crippen molar-refractivity contribution in [2.75, 3.05) is 21.3 Å². The topological polar surface area (TPSA) is 106 Å². The van der Waals surface area contributed by atoms with Crippen molar-refractivity contribution in [3.05, 3.63) is 76.5 Å². The van der Waals surface area contributed by atoms with Crippen LogP contribution in [0.3, 0.4) is 0 Å². The van der Waals surface area contributed by atoms with E-state index in [1.165, 1.54) is 27.4 Å². The van der Waals surface area contributed by atoms with Crippen molar-refractivity contribution in [1.29, 1.82) is 0 Å². The Kier molecular flexibility index (Phi) is 5.46. The van der Waals surface area contributed by atoms with E-state index in [0.717, 1.165) is 0 Å². The van der Waals surface area contributed by atoms with Gasteiger partial charge in [0.15, 0.2) is 5.69 Å². The maximum absolute atomic E-state index is 12.3. The molecule has 0 aliphatic carbocycles. The number of ether oxygens (including phenoxy) is 3. The van der Waals surface area contributed by atoms with Crippen molar-refractivity contribution in [2.24, 2.45) is 0 Å². The maximum atomic E-state index is 12.3. The van der Waals surface area contributed by atoms with Crippen LogP contribution in [0.2, 0.25) is 0 Å². The number of carbonyl (C=O) groups is 1. The van der Waals surface area contributed by atoms with Crippen LogP contribution in [0.5, 0.6) is 11.5 Å². The van der Waals surface area contributed by atoms with E-state index < -0.39 is 10.9 Å². The number of esters is 1. The van der Waals surface area contributed by atoms with E-state index in [1.54, 1.807) is 59.3 Å². The molecule has 9 heteroatoms. The second kappa shape index (κ2) is 8.38. The number of nitrogens with zero attached hydrogens (tertiary/aromatic N) is 3. The lowest BCUT2D eigenvalue weighted by Crippen LogP contribution is -2.06. The third-order valence-corrected chi connectivity index (χ3v) is 5.09. The van der Waals surface area contributed by atoms with Gasteiger partial charge in [0, 0.05) is 11.5 Å². The molecule has 4 rings (SSSR count). The van der Waals surface area contributed by atoms with Crippen LogP contribution in [0, 0.1) is 10.1 Å². The van der Waals surface area contributed by atoms with Crippen LogP contribution in [-0.2, 0) is 4.74 Å². The summed E-state index contributed by atoms with van der Waals surface area (Å²) in [5, 5.41) is 17.0. The highest BCUT2D eigenvalue weighted by molar-refractivity contribution is 5.98. The van der Waals surface area contributed by atoms with Gasteiger partial charge in [0.2, 0.25) is 0 Å². The number of fused-ring (bicyclic) bond motifs is 1. The third kappa shape index (κ3) is 3.39. The van der Waals surface area contributed by atoms with Crippen molar-refractivity contribution in [1.82, 2.24) is 9.78 Å². The Morgan fingerprint density at radius 1 is 0.938 bits per heavy atom. The van der Waals surface area contributed by atoms with E-state index in [1.807, 2.05) is 0 Å². The number of hydrogen-bond acceptors (Lipinski definition) is 7. The zero-order valence-corrected chi connectivity index (χ0v) is 17.6. The molecule has 0 bridgehead atoms. The first-order chi connectivity index (χ1) is 15.5. The normalized spacial score (nSPS) is 10.7. The Balaban J connectivity index is 2.08. The molecule has 1 heterocycles. The number of carbonyl (C=O) groups excluding carboxylic acids is 1. The van der Waals surface area contributed by atoms with Crippen molar-refractivity contribution in [3.8, 4) is 28.4 Å². The molecule has 3 aromatic carbocycles. The molecule has 0 unspecified atom stereocenters. The molecule has 0 aliphatic heterocycles. The molecule has 0 N–H and O–H groups in total. The van der Waals surface area contributed by atoms with Crippen molar-refractivity contribution in [2.45, 2.75) is 0 Å². The maximum Gasteiger partial charge on any atom is 0.358 e. The molecule has 0 spiro atoms. The van der Waals surface area contributed by atoms with E-state index in [9.17, 15) is 14.9 Å². The highest BCUT2D eigenvalue weighted by Crippen LogP contribution is 2.41. The molecule has 9 nitrogen and oxygen atoms in total. The summed E-state index contributed by atoms with van der Waals surface area (Å²) in [6.45, 7) is 0. The van der Waals surface area contributed by atoms with Gasteiger partial charge >= 0.3 is 5.97 Å². The SMILES string of the molecule is COC(=O)c1cc(-c2c(OC)cccc2OC)n(-c2ccc([N+](=O)[O-])c3ccccc23)n1. The second-order valence-electron chi connectivity index (χ2n) is 6.76. The molecule has 0 saturated carbocycles. The Hall–Kier alpha value is -4.40. The molecule has 0 atom stereocenters. The minimum absolute atomic E-state index is 0.0267. The van der Waals surface area contributed by atoms with Gasteiger partial charge in [-0.05, 0) is 30.3 Å². The van der Waals surface area contributed by atoms with Gasteiger partial charge in [-0.3, -0.25) is 10.1 Å². The van der Waals surface area contributed by atoms with Gasteiger partial charge in [-0.1, -0.05) is 24.3 Å². The Bertz CT molecular complexity index is 1320. The minimum Gasteiger partial charge on any atom is -0.496 e. The predicted octanol–water partition coefficient (Wildman–Crippen LogP) is 4.40. The van der Waals surface area contributed by atoms with Crippen molar-refractivity contribution >= 4 is 22.4 Å². The van der Waals surface area contributed by atoms with Crippen molar-refractivity contribution in [3.63, 3.8) is 0 Å². The first kappa shape index (κ1) is 20.9. The van der Waals surface area contributed by atoms with Gasteiger partial charge in [0.25, 0.3) is 5.69 Å². The summed E-state index contributed by atoms with van der Waals surface area (Å²) in [6.07, 6.45) is 0. The van der Waals surface area contributed by atoms with Crippen LogP contribution in [-0.4, -0.2) is 42.0 Å². The smallest absolute Gasteiger partial charge is 0.358 e. The predicted molar refractivity (Wildman–Crippen MR) is 118 cm³/mol. The summed E-state index contributed by atoms with van der Waals surface area (Å²) in [5.74, 6) is 0.395. The van der Waals surface area contributed by atoms with Crippen LogP contribution in [0.15, 0.2) is 60.7 Å². The lowest BCUT2D eigenvalue weighted by atomic mass is 10.1. The van der Waals surface area contributed by atoms with Crippen LogP contribution < -0.4 is 9.47 Å². The van der Waals surface area contributed by atoms with Crippen LogP contribution >= 0.6 is 0 Å². The van der Waals surface area contributed by atoms with Crippen LogP contribution in [0.4, 0.5) is 5.69 Å². The third-order valence-electron chi connectivity index (χ3n) is 5.09. The summed E-state index contributed by atoms with van der Waals surface area (Å²) < 4.78 is 17.5. The lowest BCUT2D eigenvalue weighted by Gasteiger charge is -2.15. The number of non-ortho nitro benzene ring substituents is 1. The number of nitro benzene ring substituents is 1. The molecule has 0 radical (unpaired) electrons. The van der Waals surface area contributed by atoms with Gasteiger partial charge in [-0.2, -0.15) is 5.10 Å².